The van der Waals surface area contributed by atoms with Crippen molar-refractivity contribution in [1.82, 2.24) is 0 Å². The van der Waals surface area contributed by atoms with E-state index in [-0.39, 0.29) is 0 Å². The maximum Gasteiger partial charge on any atom is 0.0972 e. The molecule has 0 spiro atoms. The van der Waals surface area contributed by atoms with E-state index in [0.29, 0.717) is 12.5 Å². The van der Waals surface area contributed by atoms with Crippen LogP contribution in [0.1, 0.15) is 31.2 Å². The second-order valence-corrected chi connectivity index (χ2v) is 4.72. The summed E-state index contributed by atoms with van der Waals surface area (Å²) in [6.07, 6.45) is 4.95. The lowest BCUT2D eigenvalue weighted by atomic mass is 10.1. The van der Waals surface area contributed by atoms with Gasteiger partial charge in [-0.25, -0.2) is 0 Å². The van der Waals surface area contributed by atoms with E-state index in [1.54, 1.807) is 0 Å². The molecular weight excluding hydrogens is 220 g/mol. The Bertz CT molecular complexity index is 381. The van der Waals surface area contributed by atoms with Crippen molar-refractivity contribution in [2.24, 2.45) is 16.6 Å². The Kier molecular flexibility index (Phi) is 3.83. The van der Waals surface area contributed by atoms with E-state index in [4.69, 9.17) is 17.3 Å². The summed E-state index contributed by atoms with van der Waals surface area (Å²) in [4.78, 5) is 4.45. The second kappa shape index (κ2) is 5.35. The van der Waals surface area contributed by atoms with Crippen LogP contribution in [0.3, 0.4) is 0 Å². The van der Waals surface area contributed by atoms with Gasteiger partial charge in [0.15, 0.2) is 0 Å². The third-order valence-electron chi connectivity index (χ3n) is 3.16. The molecule has 1 saturated carbocycles. The first-order valence-electron chi connectivity index (χ1n) is 5.80. The Hall–Kier alpha value is -1.02. The van der Waals surface area contributed by atoms with Crippen LogP contribution in [0.2, 0.25) is 5.02 Å². The minimum atomic E-state index is 0.502. The average molecular weight is 237 g/mol. The average Bonchev–Trinajstić information content (AvgIpc) is 2.81. The lowest BCUT2D eigenvalue weighted by Crippen LogP contribution is -2.21. The molecule has 0 bridgehead atoms. The fourth-order valence-electron chi connectivity index (χ4n) is 2.15. The van der Waals surface area contributed by atoms with Gasteiger partial charge in [-0.15, -0.1) is 0 Å². The van der Waals surface area contributed by atoms with Crippen LogP contribution in [0, 0.1) is 5.92 Å². The van der Waals surface area contributed by atoms with Gasteiger partial charge >= 0.3 is 0 Å². The number of rotatable bonds is 3. The van der Waals surface area contributed by atoms with Crippen LogP contribution in [0.15, 0.2) is 29.3 Å². The molecule has 86 valence electrons. The Morgan fingerprint density at radius 1 is 1.31 bits per heavy atom. The Labute approximate surface area is 102 Å². The van der Waals surface area contributed by atoms with Gasteiger partial charge in [-0.05, 0) is 24.5 Å². The summed E-state index contributed by atoms with van der Waals surface area (Å²) in [5.74, 6) is 1.31. The van der Waals surface area contributed by atoms with Crippen molar-refractivity contribution >= 4 is 17.4 Å². The molecule has 2 nitrogen and oxygen atoms in total. The van der Waals surface area contributed by atoms with Crippen molar-refractivity contribution in [3.05, 3.63) is 34.9 Å². The largest absolute Gasteiger partial charge is 0.387 e. The smallest absolute Gasteiger partial charge is 0.0972 e. The molecule has 0 amide bonds. The minimum absolute atomic E-state index is 0.502. The molecule has 1 aliphatic rings. The predicted molar refractivity (Wildman–Crippen MR) is 68.7 cm³/mol. The molecule has 16 heavy (non-hydrogen) atoms. The van der Waals surface area contributed by atoms with Gasteiger partial charge in [0, 0.05) is 10.9 Å². The highest BCUT2D eigenvalue weighted by atomic mass is 35.5. The fourth-order valence-corrected chi connectivity index (χ4v) is 2.35. The zero-order valence-electron chi connectivity index (χ0n) is 9.32. The van der Waals surface area contributed by atoms with E-state index in [1.807, 2.05) is 24.3 Å². The number of aliphatic imine (C=N–C) groups is 1. The number of nitrogens with two attached hydrogens (primary N) is 1. The third kappa shape index (κ3) is 2.76. The van der Waals surface area contributed by atoms with Gasteiger partial charge in [-0.1, -0.05) is 42.6 Å². The van der Waals surface area contributed by atoms with E-state index in [0.717, 1.165) is 16.4 Å². The van der Waals surface area contributed by atoms with Crippen LogP contribution in [0.25, 0.3) is 0 Å². The molecule has 0 atom stereocenters. The number of halogens is 1. The molecule has 2 rings (SSSR count). The highest BCUT2D eigenvalue weighted by Gasteiger charge is 2.18. The van der Waals surface area contributed by atoms with Crippen molar-refractivity contribution < 1.29 is 0 Å². The van der Waals surface area contributed by atoms with Crippen LogP contribution in [0.5, 0.6) is 0 Å². The van der Waals surface area contributed by atoms with E-state index in [9.17, 15) is 0 Å². The maximum absolute atomic E-state index is 6.06. The SMILES string of the molecule is NC(=NCc1ccccc1Cl)C1CCCC1. The molecule has 2 N–H and O–H groups in total. The quantitative estimate of drug-likeness (QED) is 0.634. The molecule has 1 aromatic rings. The van der Waals surface area contributed by atoms with E-state index < -0.39 is 0 Å². The summed E-state index contributed by atoms with van der Waals surface area (Å²) in [7, 11) is 0. The lowest BCUT2D eigenvalue weighted by Gasteiger charge is -2.08. The standard InChI is InChI=1S/C13H17ClN2/c14-12-8-4-3-7-11(12)9-16-13(15)10-5-1-2-6-10/h3-4,7-8,10H,1-2,5-6,9H2,(H2,15,16). The molecular formula is C13H17ClN2. The van der Waals surface area contributed by atoms with Crippen LogP contribution in [-0.2, 0) is 6.54 Å². The minimum Gasteiger partial charge on any atom is -0.387 e. The number of benzene rings is 1. The zero-order valence-corrected chi connectivity index (χ0v) is 10.1. The van der Waals surface area contributed by atoms with Gasteiger partial charge in [0.1, 0.15) is 0 Å². The van der Waals surface area contributed by atoms with Gasteiger partial charge in [0.2, 0.25) is 0 Å². The molecule has 0 heterocycles. The van der Waals surface area contributed by atoms with Crippen LogP contribution in [-0.4, -0.2) is 5.84 Å². The summed E-state index contributed by atoms with van der Waals surface area (Å²) >= 11 is 6.06. The molecule has 0 unspecified atom stereocenters. The zero-order chi connectivity index (χ0) is 11.4. The number of hydrogen-bond donors (Lipinski definition) is 1. The van der Waals surface area contributed by atoms with Crippen molar-refractivity contribution in [2.75, 3.05) is 0 Å². The maximum atomic E-state index is 6.06. The summed E-state index contributed by atoms with van der Waals surface area (Å²) in [5, 5.41) is 0.769. The van der Waals surface area contributed by atoms with Crippen molar-refractivity contribution in [3.8, 4) is 0 Å². The molecule has 3 heteroatoms. The summed E-state index contributed by atoms with van der Waals surface area (Å²) in [6, 6.07) is 7.78. The summed E-state index contributed by atoms with van der Waals surface area (Å²) in [6.45, 7) is 0.599. The Morgan fingerprint density at radius 2 is 2.00 bits per heavy atom. The lowest BCUT2D eigenvalue weighted by molar-refractivity contribution is 0.715. The van der Waals surface area contributed by atoms with Gasteiger partial charge in [0.25, 0.3) is 0 Å². The Morgan fingerprint density at radius 3 is 2.69 bits per heavy atom. The van der Waals surface area contributed by atoms with Gasteiger partial charge in [-0.2, -0.15) is 0 Å². The topological polar surface area (TPSA) is 38.4 Å². The Balaban J connectivity index is 2.00. The molecule has 1 fully saturated rings. The normalized spacial score (nSPS) is 17.9. The van der Waals surface area contributed by atoms with Crippen molar-refractivity contribution in [1.29, 1.82) is 0 Å². The van der Waals surface area contributed by atoms with E-state index in [2.05, 4.69) is 4.99 Å². The number of nitrogens with zero attached hydrogens (tertiary/aromatic N) is 1. The summed E-state index contributed by atoms with van der Waals surface area (Å²) < 4.78 is 0. The molecule has 0 radical (unpaired) electrons. The highest BCUT2D eigenvalue weighted by Crippen LogP contribution is 2.25. The molecule has 0 saturated heterocycles. The third-order valence-corrected chi connectivity index (χ3v) is 3.53. The number of hydrogen-bond acceptors (Lipinski definition) is 1. The van der Waals surface area contributed by atoms with Gasteiger partial charge in [0.05, 0.1) is 12.4 Å². The second-order valence-electron chi connectivity index (χ2n) is 4.31. The molecule has 0 aromatic heterocycles. The van der Waals surface area contributed by atoms with E-state index >= 15 is 0 Å². The van der Waals surface area contributed by atoms with Crippen molar-refractivity contribution in [2.45, 2.75) is 32.2 Å². The molecule has 1 aromatic carbocycles. The first-order valence-corrected chi connectivity index (χ1v) is 6.18. The summed E-state index contributed by atoms with van der Waals surface area (Å²) in [5.41, 5.74) is 7.03. The van der Waals surface area contributed by atoms with Gasteiger partial charge < -0.3 is 5.73 Å². The van der Waals surface area contributed by atoms with Crippen LogP contribution in [0.4, 0.5) is 0 Å². The fraction of sp³-hybridized carbons (Fsp3) is 0.462. The molecule has 0 aliphatic heterocycles. The van der Waals surface area contributed by atoms with E-state index in [1.165, 1.54) is 25.7 Å². The van der Waals surface area contributed by atoms with Crippen LogP contribution < -0.4 is 5.73 Å². The number of amidine groups is 1. The monoisotopic (exact) mass is 236 g/mol. The van der Waals surface area contributed by atoms with Crippen molar-refractivity contribution in [3.63, 3.8) is 0 Å². The van der Waals surface area contributed by atoms with Crippen LogP contribution >= 0.6 is 11.6 Å². The predicted octanol–water partition coefficient (Wildman–Crippen LogP) is 3.39. The van der Waals surface area contributed by atoms with Gasteiger partial charge in [-0.3, -0.25) is 4.99 Å². The molecule has 1 aliphatic carbocycles. The highest BCUT2D eigenvalue weighted by molar-refractivity contribution is 6.31. The first-order chi connectivity index (χ1) is 7.77. The first kappa shape index (κ1) is 11.5.